The number of rotatable bonds is 26. The van der Waals surface area contributed by atoms with Crippen molar-refractivity contribution < 1.29 is 99.2 Å². The molecule has 15 atom stereocenters. The number of aliphatic hydroxyl groups excluding tert-OH is 2. The Morgan fingerprint density at radius 2 is 1.38 bits per heavy atom. The summed E-state index contributed by atoms with van der Waals surface area (Å²) in [6.45, 7) is 20.2. The summed E-state index contributed by atoms with van der Waals surface area (Å²) < 4.78 is 31.9. The Labute approximate surface area is 567 Å². The van der Waals surface area contributed by atoms with E-state index >= 15 is 0 Å². The van der Waals surface area contributed by atoms with Crippen LogP contribution in [-0.4, -0.2) is 144 Å². The van der Waals surface area contributed by atoms with Crippen LogP contribution in [-0.2, 0) is 73.5 Å². The first-order valence-electron chi connectivity index (χ1n) is 31.5. The van der Waals surface area contributed by atoms with Crippen molar-refractivity contribution >= 4 is 83.3 Å². The van der Waals surface area contributed by atoms with Crippen molar-refractivity contribution in [3.05, 3.63) is 63.9 Å². The van der Waals surface area contributed by atoms with Gasteiger partial charge in [-0.25, -0.2) is 4.98 Å². The summed E-state index contributed by atoms with van der Waals surface area (Å²) in [5, 5.41) is 35.6. The Bertz CT molecular complexity index is 3660. The first-order chi connectivity index (χ1) is 43.6. The zero-order valence-corrected chi connectivity index (χ0v) is 58.3. The number of carboxylic acids is 1. The fourth-order valence-electron chi connectivity index (χ4n) is 15.4. The SMILES string of the molecule is C/C1=C2N=C(/C=C3\N/C(=C(/C)C4=NC(C)(C5N=C1[C@](C)(CCC(=O)NCC(C)OP(=O)([O-])O[C@H]1[C@@H](O)[C@@H](n6cnc7cc(C)c(C)cc76)O[C@@H]1CO)C5CC(N)=O)[C@@](C)(CC(N)=O)[C@@H]4CCC(N)=O)[C@@](C)(CC(N)=O)[C@@H]3CCC(N)=O)C(C)(C)[C@@H]/2CCC(N)=O.CC(=O)O.[Co+2].[OH-]. The molecule has 6 aliphatic heterocycles. The van der Waals surface area contributed by atoms with E-state index in [1.165, 1.54) is 17.8 Å². The number of carboxylic acid groups (broad SMARTS) is 1. The van der Waals surface area contributed by atoms with Gasteiger partial charge in [-0.1, -0.05) is 34.6 Å². The molecule has 5 unspecified atom stereocenters. The number of hydrogen-bond donors (Lipinski definition) is 11. The Kier molecular flexibility index (Phi) is 25.2. The van der Waals surface area contributed by atoms with Crippen LogP contribution in [0, 0.1) is 59.2 Å². The zero-order valence-electron chi connectivity index (χ0n) is 56.4. The van der Waals surface area contributed by atoms with Crippen molar-refractivity contribution in [2.75, 3.05) is 13.2 Å². The quantitative estimate of drug-likeness (QED) is 0.0603. The number of phosphoric ester groups is 1. The summed E-state index contributed by atoms with van der Waals surface area (Å²) in [7, 11) is -5.32. The number of allylic oxidation sites excluding steroid dienone is 6. The largest absolute Gasteiger partial charge is 2.00 e. The van der Waals surface area contributed by atoms with E-state index in [1.54, 1.807) is 0 Å². The predicted octanol–water partition coefficient (Wildman–Crippen LogP) is 2.44. The van der Waals surface area contributed by atoms with Crippen molar-refractivity contribution in [2.24, 2.45) is 94.7 Å². The second-order valence-corrected chi connectivity index (χ2v) is 28.9. The van der Waals surface area contributed by atoms with Crippen LogP contribution in [0.1, 0.15) is 157 Å². The van der Waals surface area contributed by atoms with Gasteiger partial charge in [0, 0.05) is 138 Å². The van der Waals surface area contributed by atoms with Crippen LogP contribution in [0.4, 0.5) is 0 Å². The van der Waals surface area contributed by atoms with Crippen LogP contribution in [0.15, 0.2) is 67.8 Å². The molecule has 18 N–H and O–H groups in total. The summed E-state index contributed by atoms with van der Waals surface area (Å²) in [4.78, 5) is 137. The van der Waals surface area contributed by atoms with Gasteiger partial charge in [-0.3, -0.25) is 57.9 Å². The number of carbonyl (C=O) groups is 8. The number of fused-ring (bicyclic) bond motifs is 7. The number of benzene rings is 1. The van der Waals surface area contributed by atoms with Gasteiger partial charge in [0.25, 0.3) is 13.8 Å². The molecule has 8 rings (SSSR count). The van der Waals surface area contributed by atoms with Crippen LogP contribution >= 0.6 is 7.82 Å². The number of imidazole rings is 1. The molecule has 30 nitrogen and oxygen atoms in total. The monoisotopic (exact) mass is 1410 g/mol. The number of nitrogens with one attached hydrogen (secondary N) is 2. The number of aliphatic imine (C=N–C) groups is 3. The third-order valence-electron chi connectivity index (χ3n) is 20.6. The van der Waals surface area contributed by atoms with Crippen LogP contribution in [0.3, 0.4) is 0 Å². The molecule has 531 valence electrons. The van der Waals surface area contributed by atoms with Crippen LogP contribution in [0.25, 0.3) is 11.0 Å². The smallest absolute Gasteiger partial charge is 0.870 e. The Balaban J connectivity index is 0.00000270. The molecule has 1 aromatic carbocycles. The summed E-state index contributed by atoms with van der Waals surface area (Å²) in [6, 6.07) is 2.67. The average Bonchev–Trinajstić information content (AvgIpc) is 1.53. The maximum absolute atomic E-state index is 14.4. The van der Waals surface area contributed by atoms with Gasteiger partial charge in [-0.2, -0.15) is 0 Å². The maximum Gasteiger partial charge on any atom is 2.00 e. The standard InChI is InChI=1S/C62H90N13O14P.C2H4O2.Co.H2O/c1-29-20-39-40(21-30(29)2)75(28-70-39)57-52(84)53(41(27-76)87-57)89-90(85,86)88-31(3)26-69-49(83)18-19-59(8)37(22-46(66)80)56-62(11)61(10,25-48(68)82)36(14-17-45(65)79)51(74-62)33(5)55-60(9,24-47(67)81)34(12-15-43(63)77)38(71-55)23-42-58(6,7)35(13-16-44(64)78)50(72-42)32(4)54(59)73-56;1-2(3)4;;/h20-21,23,28,31,34-37,41,52-53,56-57,71,76,84H,12-19,22,24-27H2,1-11H3,(H2,63,77)(H2,64,78)(H2,65,79)(H2,66,80)(H2,67,81)(H2,68,82)(H,69,83)(H,85,86);1H3,(H,3,4);;1H2/q;;+2;/p-2/b38-23-,50-32-,55-33-;;;/t31?,34-,35-,36-,37?,41-,52-,53-,56?,57+,59-,60+,61+,62?;;;/m1.../s1. The van der Waals surface area contributed by atoms with Gasteiger partial charge in [0.2, 0.25) is 41.4 Å². The molecule has 2 fully saturated rings. The van der Waals surface area contributed by atoms with Gasteiger partial charge in [0.15, 0.2) is 6.23 Å². The van der Waals surface area contributed by atoms with E-state index in [0.717, 1.165) is 18.1 Å². The molecule has 1 aromatic heterocycles. The second-order valence-electron chi connectivity index (χ2n) is 27.6. The molecule has 2 aromatic rings. The molecule has 96 heavy (non-hydrogen) atoms. The number of amides is 7. The first-order valence-corrected chi connectivity index (χ1v) is 32.9. The molecular formula is C64H94CoN13O17P. The van der Waals surface area contributed by atoms with Crippen LogP contribution < -0.4 is 49.9 Å². The second kappa shape index (κ2) is 30.4. The van der Waals surface area contributed by atoms with Gasteiger partial charge in [-0.15, -0.1) is 0 Å². The molecule has 0 aliphatic carbocycles. The number of primary amides is 6. The molecule has 0 saturated carbocycles. The fourth-order valence-corrected chi connectivity index (χ4v) is 16.6. The van der Waals surface area contributed by atoms with Gasteiger partial charge in [0.1, 0.15) is 18.3 Å². The minimum absolute atomic E-state index is 0. The zero-order chi connectivity index (χ0) is 70.3. The van der Waals surface area contributed by atoms with Crippen molar-refractivity contribution in [1.82, 2.24) is 20.2 Å². The van der Waals surface area contributed by atoms with E-state index in [0.29, 0.717) is 56.4 Å². The number of phosphoric acid groups is 1. The van der Waals surface area contributed by atoms with Crippen LogP contribution in [0.5, 0.6) is 0 Å². The fraction of sp³-hybridized carbons (Fsp3) is 0.625. The van der Waals surface area contributed by atoms with Crippen molar-refractivity contribution in [2.45, 2.75) is 196 Å². The Morgan fingerprint density at radius 1 is 0.812 bits per heavy atom. The number of nitrogens with two attached hydrogens (primary N) is 6. The van der Waals surface area contributed by atoms with Crippen molar-refractivity contribution in [3.63, 3.8) is 0 Å². The number of aromatic nitrogens is 2. The number of hydrogen-bond acceptors (Lipinski definition) is 21. The number of nitrogens with zero attached hydrogens (tertiary/aromatic N) is 5. The van der Waals surface area contributed by atoms with E-state index < -0.39 is 149 Å². The van der Waals surface area contributed by atoms with Gasteiger partial charge >= 0.3 is 16.8 Å². The summed E-state index contributed by atoms with van der Waals surface area (Å²) in [5.41, 5.74) is 37.2. The third-order valence-corrected chi connectivity index (χ3v) is 21.7. The van der Waals surface area contributed by atoms with E-state index in [4.69, 9.17) is 73.1 Å². The topological polar surface area (TPSA) is 530 Å². The maximum atomic E-state index is 14.4. The minimum Gasteiger partial charge on any atom is -0.870 e. The predicted molar refractivity (Wildman–Crippen MR) is 347 cm³/mol. The molecular weight excluding hydrogens is 1310 g/mol. The number of aliphatic carboxylic acids is 1. The normalized spacial score (nSPS) is 32.3. The molecule has 8 bridgehead atoms. The first kappa shape index (κ1) is 79.6. The summed E-state index contributed by atoms with van der Waals surface area (Å²) in [6.07, 6.45) is -4.57. The van der Waals surface area contributed by atoms with Gasteiger partial charge < -0.3 is 89.1 Å². The molecule has 7 heterocycles. The van der Waals surface area contributed by atoms with Crippen molar-refractivity contribution in [1.29, 1.82) is 0 Å². The number of ether oxygens (including phenoxy) is 1. The molecule has 0 spiro atoms. The van der Waals surface area contributed by atoms with E-state index in [1.807, 2.05) is 87.4 Å². The van der Waals surface area contributed by atoms with Crippen molar-refractivity contribution in [3.8, 4) is 0 Å². The van der Waals surface area contributed by atoms with Crippen LogP contribution in [0.2, 0.25) is 0 Å². The Morgan fingerprint density at radius 3 is 1.93 bits per heavy atom. The molecule has 7 amide bonds. The molecule has 1 radical (unpaired) electrons. The molecule has 6 aliphatic rings. The average molecular weight is 1410 g/mol. The minimum atomic E-state index is -5.32. The Hall–Kier alpha value is -7.06. The van der Waals surface area contributed by atoms with E-state index in [9.17, 15) is 53.2 Å². The number of aliphatic hydroxyl groups is 2. The van der Waals surface area contributed by atoms with E-state index in [-0.39, 0.29) is 99.4 Å². The molecule has 32 heteroatoms. The number of aryl methyl sites for hydroxylation is 2. The van der Waals surface area contributed by atoms with Gasteiger partial charge in [0.05, 0.1) is 41.7 Å². The molecule has 2 saturated heterocycles. The van der Waals surface area contributed by atoms with Gasteiger partial charge in [-0.05, 0) is 108 Å². The third kappa shape index (κ3) is 16.1. The summed E-state index contributed by atoms with van der Waals surface area (Å²) >= 11 is 0. The summed E-state index contributed by atoms with van der Waals surface area (Å²) in [5.74, 6) is -8.08. The number of carbonyl (C=O) groups excluding carboxylic acids is 7. The van der Waals surface area contributed by atoms with E-state index in [2.05, 4.69) is 15.6 Å².